The van der Waals surface area contributed by atoms with Crippen LogP contribution in [-0.4, -0.2) is 15.0 Å². The lowest BCUT2D eigenvalue weighted by Crippen LogP contribution is -1.95. The van der Waals surface area contributed by atoms with Crippen LogP contribution in [0, 0.1) is 0 Å². The molecule has 3 heteroatoms. The van der Waals surface area contributed by atoms with Crippen molar-refractivity contribution in [1.29, 1.82) is 0 Å². The third-order valence-electron chi connectivity index (χ3n) is 9.84. The van der Waals surface area contributed by atoms with Gasteiger partial charge in [-0.1, -0.05) is 158 Å². The number of hydrogen-bond donors (Lipinski definition) is 0. The Morgan fingerprint density at radius 1 is 0.260 bits per heavy atom. The molecule has 0 spiro atoms. The van der Waals surface area contributed by atoms with E-state index in [-0.39, 0.29) is 0 Å². The van der Waals surface area contributed by atoms with Gasteiger partial charge in [0, 0.05) is 38.2 Å². The van der Waals surface area contributed by atoms with Gasteiger partial charge in [-0.25, -0.2) is 15.0 Å². The number of benzene rings is 8. The summed E-state index contributed by atoms with van der Waals surface area (Å²) in [4.78, 5) is 15.3. The molecule has 0 saturated carbocycles. The Kier molecular flexibility index (Phi) is 6.49. The highest BCUT2D eigenvalue weighted by Gasteiger charge is 2.18. The number of pyridine rings is 1. The van der Waals surface area contributed by atoms with Crippen molar-refractivity contribution in [2.24, 2.45) is 0 Å². The molecule has 0 amide bonds. The van der Waals surface area contributed by atoms with Gasteiger partial charge in [-0.05, 0) is 50.9 Å². The third-order valence-corrected chi connectivity index (χ3v) is 9.84. The molecular formula is C47H29N3. The fraction of sp³-hybridized carbons (Fsp3) is 0. The standard InChI is InChI=1S/C47H29N3/c1-2-13-32(14-3-1)47-49-42-24-11-9-22-40(42)45(50-47)31-27-25-30(26-28-31)33-15-12-16-34(29-33)46-44-38-20-7-5-18-36(38)35-17-4-6-19-37(35)43(44)39-21-8-10-23-41(39)48-46/h1-29H. The molecule has 0 aliphatic heterocycles. The number of rotatable bonds is 4. The average molecular weight is 636 g/mol. The quantitative estimate of drug-likeness (QED) is 0.181. The van der Waals surface area contributed by atoms with Crippen LogP contribution in [0.1, 0.15) is 0 Å². The Morgan fingerprint density at radius 3 is 1.50 bits per heavy atom. The maximum Gasteiger partial charge on any atom is 0.160 e. The second-order valence-electron chi connectivity index (χ2n) is 12.8. The molecule has 10 rings (SSSR count). The molecule has 0 fully saturated rings. The number of para-hydroxylation sites is 2. The fourth-order valence-corrected chi connectivity index (χ4v) is 7.51. The van der Waals surface area contributed by atoms with Crippen LogP contribution in [0.3, 0.4) is 0 Å². The highest BCUT2D eigenvalue weighted by atomic mass is 14.9. The first-order valence-corrected chi connectivity index (χ1v) is 17.0. The van der Waals surface area contributed by atoms with Crippen LogP contribution < -0.4 is 0 Å². The van der Waals surface area contributed by atoms with E-state index in [4.69, 9.17) is 15.0 Å². The number of fused-ring (bicyclic) bond motifs is 9. The lowest BCUT2D eigenvalue weighted by Gasteiger charge is -2.16. The number of hydrogen-bond acceptors (Lipinski definition) is 3. The summed E-state index contributed by atoms with van der Waals surface area (Å²) in [7, 11) is 0. The van der Waals surface area contributed by atoms with Gasteiger partial charge in [-0.3, -0.25) is 0 Å². The molecule has 0 aliphatic carbocycles. The Hall–Kier alpha value is -6.71. The third kappa shape index (κ3) is 4.56. The minimum atomic E-state index is 0.728. The van der Waals surface area contributed by atoms with Crippen LogP contribution in [0.4, 0.5) is 0 Å². The Balaban J connectivity index is 1.13. The molecule has 0 bridgehead atoms. The molecule has 0 atom stereocenters. The Bertz CT molecular complexity index is 2910. The molecule has 0 saturated heterocycles. The van der Waals surface area contributed by atoms with Crippen molar-refractivity contribution in [3.8, 4) is 45.0 Å². The van der Waals surface area contributed by atoms with Gasteiger partial charge in [0.1, 0.15) is 0 Å². The first-order chi connectivity index (χ1) is 24.8. The summed E-state index contributed by atoms with van der Waals surface area (Å²) >= 11 is 0. The van der Waals surface area contributed by atoms with Crippen LogP contribution in [-0.2, 0) is 0 Å². The fourth-order valence-electron chi connectivity index (χ4n) is 7.51. The second-order valence-corrected chi connectivity index (χ2v) is 12.8. The van der Waals surface area contributed by atoms with Crippen molar-refractivity contribution in [1.82, 2.24) is 15.0 Å². The monoisotopic (exact) mass is 635 g/mol. The molecule has 8 aromatic carbocycles. The molecule has 0 N–H and O–H groups in total. The van der Waals surface area contributed by atoms with Crippen LogP contribution >= 0.6 is 0 Å². The summed E-state index contributed by atoms with van der Waals surface area (Å²) in [6, 6.07) is 62.0. The molecule has 3 nitrogen and oxygen atoms in total. The van der Waals surface area contributed by atoms with Crippen LogP contribution in [0.15, 0.2) is 176 Å². The molecule has 2 heterocycles. The average Bonchev–Trinajstić information content (AvgIpc) is 3.20. The minimum absolute atomic E-state index is 0.728. The topological polar surface area (TPSA) is 38.7 Å². The molecule has 2 aromatic heterocycles. The van der Waals surface area contributed by atoms with E-state index < -0.39 is 0 Å². The molecule has 0 radical (unpaired) electrons. The lowest BCUT2D eigenvalue weighted by atomic mass is 9.89. The summed E-state index contributed by atoms with van der Waals surface area (Å²) in [5, 5.41) is 9.63. The van der Waals surface area contributed by atoms with Crippen molar-refractivity contribution in [2.45, 2.75) is 0 Å². The number of aromatic nitrogens is 3. The summed E-state index contributed by atoms with van der Waals surface area (Å²) in [6.45, 7) is 0. The highest BCUT2D eigenvalue weighted by molar-refractivity contribution is 6.33. The van der Waals surface area contributed by atoms with E-state index in [1.807, 2.05) is 30.3 Å². The molecule has 232 valence electrons. The molecule has 0 aliphatic rings. The summed E-state index contributed by atoms with van der Waals surface area (Å²) in [5.74, 6) is 0.728. The number of nitrogens with zero attached hydrogens (tertiary/aromatic N) is 3. The van der Waals surface area contributed by atoms with Gasteiger partial charge >= 0.3 is 0 Å². The van der Waals surface area contributed by atoms with E-state index in [9.17, 15) is 0 Å². The van der Waals surface area contributed by atoms with Crippen LogP contribution in [0.25, 0.3) is 99.2 Å². The maximum absolute atomic E-state index is 5.37. The molecule has 10 aromatic rings. The van der Waals surface area contributed by atoms with Gasteiger partial charge in [0.15, 0.2) is 5.82 Å². The van der Waals surface area contributed by atoms with Crippen LogP contribution in [0.5, 0.6) is 0 Å². The summed E-state index contributed by atoms with van der Waals surface area (Å²) in [5.41, 5.74) is 9.29. The predicted octanol–water partition coefficient (Wildman–Crippen LogP) is 12.3. The summed E-state index contributed by atoms with van der Waals surface area (Å²) < 4.78 is 0. The van der Waals surface area contributed by atoms with Crippen molar-refractivity contribution in [2.75, 3.05) is 0 Å². The van der Waals surface area contributed by atoms with E-state index in [1.165, 1.54) is 37.7 Å². The zero-order chi connectivity index (χ0) is 33.0. The van der Waals surface area contributed by atoms with Crippen molar-refractivity contribution in [3.05, 3.63) is 176 Å². The van der Waals surface area contributed by atoms with Crippen LogP contribution in [0.2, 0.25) is 0 Å². The largest absolute Gasteiger partial charge is 0.247 e. The van der Waals surface area contributed by atoms with Gasteiger partial charge in [0.2, 0.25) is 0 Å². The van der Waals surface area contributed by atoms with E-state index in [1.54, 1.807) is 0 Å². The normalized spacial score (nSPS) is 11.6. The lowest BCUT2D eigenvalue weighted by molar-refractivity contribution is 1.23. The SMILES string of the molecule is c1ccc(-c2nc(-c3ccc(-c4cccc(-c5nc6ccccc6c6c7ccccc7c7ccccc7c56)c4)cc3)c3ccccc3n2)cc1. The smallest absolute Gasteiger partial charge is 0.160 e. The van der Waals surface area contributed by atoms with E-state index in [2.05, 4.69) is 146 Å². The second kappa shape index (κ2) is 11.5. The first kappa shape index (κ1) is 28.3. The van der Waals surface area contributed by atoms with Gasteiger partial charge < -0.3 is 0 Å². The van der Waals surface area contributed by atoms with Gasteiger partial charge in [-0.15, -0.1) is 0 Å². The minimum Gasteiger partial charge on any atom is -0.247 e. The van der Waals surface area contributed by atoms with Gasteiger partial charge in [0.05, 0.1) is 22.4 Å². The molecule has 50 heavy (non-hydrogen) atoms. The molecule has 0 unspecified atom stereocenters. The van der Waals surface area contributed by atoms with Crippen molar-refractivity contribution in [3.63, 3.8) is 0 Å². The van der Waals surface area contributed by atoms with E-state index in [0.29, 0.717) is 0 Å². The zero-order valence-corrected chi connectivity index (χ0v) is 27.1. The van der Waals surface area contributed by atoms with Crippen molar-refractivity contribution < 1.29 is 0 Å². The predicted molar refractivity (Wildman–Crippen MR) is 209 cm³/mol. The first-order valence-electron chi connectivity index (χ1n) is 17.0. The van der Waals surface area contributed by atoms with Gasteiger partial charge in [-0.2, -0.15) is 0 Å². The van der Waals surface area contributed by atoms with E-state index in [0.717, 1.165) is 61.4 Å². The van der Waals surface area contributed by atoms with Crippen molar-refractivity contribution >= 4 is 54.1 Å². The Labute approximate surface area is 289 Å². The Morgan fingerprint density at radius 2 is 0.780 bits per heavy atom. The zero-order valence-electron chi connectivity index (χ0n) is 27.1. The summed E-state index contributed by atoms with van der Waals surface area (Å²) in [6.07, 6.45) is 0. The van der Waals surface area contributed by atoms with Gasteiger partial charge in [0.25, 0.3) is 0 Å². The van der Waals surface area contributed by atoms with E-state index >= 15 is 0 Å². The molecular weight excluding hydrogens is 607 g/mol. The highest BCUT2D eigenvalue weighted by Crippen LogP contribution is 2.43. The maximum atomic E-state index is 5.37.